The molecule has 1 aliphatic carbocycles. The number of nitrogens with one attached hydrogen (secondary N) is 3. The molecule has 0 unspecified atom stereocenters. The number of hydrogen-bond donors (Lipinski definition) is 3. The van der Waals surface area contributed by atoms with Crippen LogP contribution in [0, 0.1) is 0 Å². The molecule has 0 radical (unpaired) electrons. The summed E-state index contributed by atoms with van der Waals surface area (Å²) in [5, 5.41) is 15.6. The lowest BCUT2D eigenvalue weighted by Gasteiger charge is -2.34. The lowest BCUT2D eigenvalue weighted by molar-refractivity contribution is 0.0902. The quantitative estimate of drug-likeness (QED) is 0.589. The highest BCUT2D eigenvalue weighted by molar-refractivity contribution is 5.92. The van der Waals surface area contributed by atoms with Crippen molar-refractivity contribution in [2.75, 3.05) is 0 Å². The molecule has 10 nitrogen and oxygen atoms in total. The summed E-state index contributed by atoms with van der Waals surface area (Å²) in [5.74, 6) is 1.75. The molecule has 0 bridgehead atoms. The maximum Gasteiger partial charge on any atom is 0.323 e. The van der Waals surface area contributed by atoms with Gasteiger partial charge in [0.05, 0.1) is 0 Å². The number of amides is 1. The Balaban J connectivity index is 1.35. The highest BCUT2D eigenvalue weighted by atomic mass is 16.2. The van der Waals surface area contributed by atoms with Gasteiger partial charge in [-0.2, -0.15) is 5.10 Å². The van der Waals surface area contributed by atoms with Gasteiger partial charge in [0.2, 0.25) is 0 Å². The van der Waals surface area contributed by atoms with Crippen LogP contribution >= 0.6 is 0 Å². The van der Waals surface area contributed by atoms with E-state index < -0.39 is 0 Å². The summed E-state index contributed by atoms with van der Waals surface area (Å²) in [6.45, 7) is 0.574. The first kappa shape index (κ1) is 15.4. The normalized spacial score (nSPS) is 19.6. The number of rotatable bonds is 5. The molecule has 3 heterocycles. The first-order valence-corrected chi connectivity index (χ1v) is 8.04. The van der Waals surface area contributed by atoms with E-state index in [1.165, 1.54) is 6.20 Å². The number of aromatic amines is 2. The van der Waals surface area contributed by atoms with Crippen molar-refractivity contribution in [1.29, 1.82) is 0 Å². The minimum Gasteiger partial charge on any atom is -0.348 e. The Bertz CT molecular complexity index is 929. The third kappa shape index (κ3) is 2.97. The lowest BCUT2D eigenvalue weighted by Crippen LogP contribution is -2.44. The van der Waals surface area contributed by atoms with E-state index in [9.17, 15) is 9.59 Å². The van der Waals surface area contributed by atoms with Crippen molar-refractivity contribution in [3.63, 3.8) is 0 Å². The van der Waals surface area contributed by atoms with Gasteiger partial charge in [-0.05, 0) is 18.9 Å². The first-order valence-electron chi connectivity index (χ1n) is 8.04. The van der Waals surface area contributed by atoms with Crippen LogP contribution in [0.4, 0.5) is 0 Å². The van der Waals surface area contributed by atoms with Crippen molar-refractivity contribution >= 4 is 5.91 Å². The maximum absolute atomic E-state index is 12.0. The minimum atomic E-state index is -0.388. The fourth-order valence-corrected chi connectivity index (χ4v) is 3.07. The smallest absolute Gasteiger partial charge is 0.323 e. The molecule has 3 aromatic heterocycles. The van der Waals surface area contributed by atoms with Gasteiger partial charge >= 0.3 is 5.69 Å². The summed E-state index contributed by atoms with van der Waals surface area (Å²) in [6.07, 6.45) is 6.59. The van der Waals surface area contributed by atoms with E-state index in [4.69, 9.17) is 0 Å². The van der Waals surface area contributed by atoms with Gasteiger partial charge in [0.25, 0.3) is 5.91 Å². The summed E-state index contributed by atoms with van der Waals surface area (Å²) in [4.78, 5) is 27.9. The fourth-order valence-electron chi connectivity index (χ4n) is 3.07. The summed E-state index contributed by atoms with van der Waals surface area (Å²) < 4.78 is 3.79. The summed E-state index contributed by atoms with van der Waals surface area (Å²) in [6, 6.07) is 1.94. The van der Waals surface area contributed by atoms with Crippen LogP contribution in [-0.4, -0.2) is 46.5 Å². The molecule has 0 aromatic carbocycles. The van der Waals surface area contributed by atoms with Gasteiger partial charge < -0.3 is 19.9 Å². The molecule has 10 heteroatoms. The van der Waals surface area contributed by atoms with Crippen LogP contribution in [0.25, 0.3) is 0 Å². The Hall–Kier alpha value is -3.17. The van der Waals surface area contributed by atoms with Crippen LogP contribution in [0.2, 0.25) is 0 Å². The second-order valence-electron chi connectivity index (χ2n) is 6.23. The Labute approximate surface area is 142 Å². The largest absolute Gasteiger partial charge is 0.348 e. The predicted molar refractivity (Wildman–Crippen MR) is 87.0 cm³/mol. The van der Waals surface area contributed by atoms with Crippen molar-refractivity contribution in [1.82, 2.24) is 39.8 Å². The Morgan fingerprint density at radius 1 is 1.40 bits per heavy atom. The molecule has 0 aliphatic heterocycles. The summed E-state index contributed by atoms with van der Waals surface area (Å²) in [5.41, 5.74) is -0.144. The van der Waals surface area contributed by atoms with Gasteiger partial charge in [-0.15, -0.1) is 10.2 Å². The van der Waals surface area contributed by atoms with Crippen LogP contribution < -0.4 is 11.0 Å². The van der Waals surface area contributed by atoms with E-state index >= 15 is 0 Å². The maximum atomic E-state index is 12.0. The molecule has 1 aliphatic rings. The van der Waals surface area contributed by atoms with Crippen molar-refractivity contribution in [2.24, 2.45) is 7.05 Å². The summed E-state index contributed by atoms with van der Waals surface area (Å²) in [7, 11) is 1.95. The third-order valence-electron chi connectivity index (χ3n) is 4.54. The highest BCUT2D eigenvalue weighted by Gasteiger charge is 2.35. The number of imidazole rings is 1. The number of H-pyrrole nitrogens is 2. The van der Waals surface area contributed by atoms with Gasteiger partial charge in [-0.3, -0.25) is 9.48 Å². The predicted octanol–water partition coefficient (Wildman–Crippen LogP) is -0.248. The van der Waals surface area contributed by atoms with Crippen LogP contribution in [0.15, 0.2) is 29.5 Å². The molecule has 0 saturated heterocycles. The van der Waals surface area contributed by atoms with Gasteiger partial charge in [-0.1, -0.05) is 0 Å². The standard InChI is InChI=1S/C15H18N8O2/c1-22-12(8-23-4-2-3-17-23)20-21-13(22)9-5-10(6-9)18-14(24)11-7-16-15(25)19-11/h2-4,7,9-10H,5-6,8H2,1H3,(H,18,24)(H2,16,19,25). The molecule has 3 aromatic rings. The number of aromatic nitrogens is 7. The van der Waals surface area contributed by atoms with Crippen molar-refractivity contribution in [3.8, 4) is 0 Å². The number of hydrogen-bond acceptors (Lipinski definition) is 5. The van der Waals surface area contributed by atoms with Gasteiger partial charge in [-0.25, -0.2) is 4.79 Å². The van der Waals surface area contributed by atoms with E-state index in [0.29, 0.717) is 6.54 Å². The molecule has 25 heavy (non-hydrogen) atoms. The van der Waals surface area contributed by atoms with Crippen molar-refractivity contribution in [2.45, 2.75) is 31.3 Å². The van der Waals surface area contributed by atoms with Crippen LogP contribution in [0.3, 0.4) is 0 Å². The zero-order valence-electron chi connectivity index (χ0n) is 13.6. The zero-order chi connectivity index (χ0) is 17.4. The summed E-state index contributed by atoms with van der Waals surface area (Å²) >= 11 is 0. The van der Waals surface area contributed by atoms with Gasteiger partial charge in [0.15, 0.2) is 5.82 Å². The number of carbonyl (C=O) groups excluding carboxylic acids is 1. The minimum absolute atomic E-state index is 0.0715. The van der Waals surface area contributed by atoms with E-state index in [0.717, 1.165) is 24.5 Å². The molecule has 0 spiro atoms. The number of carbonyl (C=O) groups is 1. The fraction of sp³-hybridized carbons (Fsp3) is 0.400. The molecular weight excluding hydrogens is 324 g/mol. The molecule has 3 N–H and O–H groups in total. The SMILES string of the molecule is Cn1c(Cn2cccn2)nnc1C1CC(NC(=O)c2c[nH]c(=O)[nH]2)C1. The van der Waals surface area contributed by atoms with Gasteiger partial charge in [0, 0.05) is 37.6 Å². The lowest BCUT2D eigenvalue weighted by atomic mass is 9.79. The Morgan fingerprint density at radius 2 is 2.24 bits per heavy atom. The van der Waals surface area contributed by atoms with E-state index in [1.807, 2.05) is 23.9 Å². The number of nitrogens with zero attached hydrogens (tertiary/aromatic N) is 5. The van der Waals surface area contributed by atoms with E-state index in [1.54, 1.807) is 10.9 Å². The molecule has 4 rings (SSSR count). The average Bonchev–Trinajstić information content (AvgIpc) is 3.27. The highest BCUT2D eigenvalue weighted by Crippen LogP contribution is 2.36. The Kier molecular flexibility index (Phi) is 3.71. The monoisotopic (exact) mass is 342 g/mol. The molecule has 0 atom stereocenters. The third-order valence-corrected chi connectivity index (χ3v) is 4.54. The Morgan fingerprint density at radius 3 is 2.92 bits per heavy atom. The topological polar surface area (TPSA) is 126 Å². The van der Waals surface area contributed by atoms with Crippen LogP contribution in [0.1, 0.15) is 40.9 Å². The second kappa shape index (κ2) is 6.04. The molecule has 1 fully saturated rings. The zero-order valence-corrected chi connectivity index (χ0v) is 13.6. The first-order chi connectivity index (χ1) is 12.1. The molecule has 130 valence electrons. The van der Waals surface area contributed by atoms with Crippen LogP contribution in [0.5, 0.6) is 0 Å². The second-order valence-corrected chi connectivity index (χ2v) is 6.23. The average molecular weight is 342 g/mol. The van der Waals surface area contributed by atoms with E-state index in [-0.39, 0.29) is 29.3 Å². The van der Waals surface area contributed by atoms with E-state index in [2.05, 4.69) is 30.6 Å². The molecule has 1 amide bonds. The molecule has 1 saturated carbocycles. The van der Waals surface area contributed by atoms with Crippen molar-refractivity contribution in [3.05, 3.63) is 52.5 Å². The van der Waals surface area contributed by atoms with Crippen molar-refractivity contribution < 1.29 is 4.79 Å². The van der Waals surface area contributed by atoms with Gasteiger partial charge in [0.1, 0.15) is 18.1 Å². The van der Waals surface area contributed by atoms with Crippen LogP contribution in [-0.2, 0) is 13.6 Å². The molecular formula is C15H18N8O2.